The lowest BCUT2D eigenvalue weighted by Gasteiger charge is -2.34. The maximum Gasteiger partial charge on any atom is 0.263 e. The lowest BCUT2D eigenvalue weighted by molar-refractivity contribution is -0.116. The van der Waals surface area contributed by atoms with Gasteiger partial charge in [0.1, 0.15) is 16.3 Å². The summed E-state index contributed by atoms with van der Waals surface area (Å²) < 4.78 is 30.9. The van der Waals surface area contributed by atoms with Gasteiger partial charge in [-0.3, -0.25) is 14.2 Å². The highest BCUT2D eigenvalue weighted by atomic mass is 32.2. The number of hydrogen-bond acceptors (Lipinski definition) is 8. The number of fused-ring (bicyclic) bond motifs is 2. The van der Waals surface area contributed by atoms with E-state index in [-0.39, 0.29) is 28.7 Å². The Morgan fingerprint density at radius 1 is 1.17 bits per heavy atom. The van der Waals surface area contributed by atoms with E-state index < -0.39 is 21.5 Å². The van der Waals surface area contributed by atoms with E-state index in [0.29, 0.717) is 27.9 Å². The lowest BCUT2D eigenvalue weighted by Crippen LogP contribution is -2.42. The molecule has 0 aliphatic carbocycles. The van der Waals surface area contributed by atoms with Crippen LogP contribution in [0.25, 0.3) is 20.4 Å². The summed E-state index contributed by atoms with van der Waals surface area (Å²) in [6.07, 6.45) is 2.26. The second-order valence-corrected chi connectivity index (χ2v) is 13.3. The summed E-state index contributed by atoms with van der Waals surface area (Å²) in [6, 6.07) is 7.53. The number of piperidine rings is 1. The molecular formula is C23H25N5O4S3. The van der Waals surface area contributed by atoms with E-state index in [1.165, 1.54) is 33.3 Å². The van der Waals surface area contributed by atoms with Crippen molar-refractivity contribution in [3.8, 4) is 0 Å². The maximum atomic E-state index is 13.7. The zero-order valence-electron chi connectivity index (χ0n) is 19.5. The number of hydrogen-bond donors (Lipinski definition) is 1. The zero-order chi connectivity index (χ0) is 24.9. The minimum atomic E-state index is -3.89. The molecule has 0 saturated carbocycles. The Balaban J connectivity index is 1.47. The number of nitrogens with zero attached hydrogens (tertiary/aromatic N) is 4. The van der Waals surface area contributed by atoms with Gasteiger partial charge in [0.25, 0.3) is 5.56 Å². The van der Waals surface area contributed by atoms with Crippen molar-refractivity contribution in [3.05, 3.63) is 45.8 Å². The van der Waals surface area contributed by atoms with Crippen molar-refractivity contribution in [2.45, 2.75) is 38.6 Å². The van der Waals surface area contributed by atoms with E-state index in [2.05, 4.69) is 15.3 Å². The molecule has 0 radical (unpaired) electrons. The summed E-state index contributed by atoms with van der Waals surface area (Å²) in [4.78, 5) is 35.7. The standard InChI is InChI=1S/C23H25N5O4S3/c1-13-8-14(2)10-28(9-13)35(31,32)20-15(3)33-21-19(20)22(30)27(12-24-21)11-18(29)26-23-25-16-6-4-5-7-17(16)34-23/h4-7,12-14H,8-11H2,1-3H3,(H,25,26,29)/t13-,14-/m0/s1. The molecule has 3 aromatic heterocycles. The minimum Gasteiger partial charge on any atom is -0.300 e. The van der Waals surface area contributed by atoms with Crippen LogP contribution in [0, 0.1) is 18.8 Å². The van der Waals surface area contributed by atoms with Gasteiger partial charge < -0.3 is 5.32 Å². The molecule has 4 aromatic rings. The quantitative estimate of drug-likeness (QED) is 0.420. The summed E-state index contributed by atoms with van der Waals surface area (Å²) in [5, 5.41) is 3.21. The van der Waals surface area contributed by atoms with Gasteiger partial charge in [0, 0.05) is 18.0 Å². The first kappa shape index (κ1) is 24.0. The third-order valence-corrected chi connectivity index (χ3v) is 10.2. The van der Waals surface area contributed by atoms with Crippen LogP contribution in [0.4, 0.5) is 5.13 Å². The molecule has 1 saturated heterocycles. The number of aromatic nitrogens is 3. The Hall–Kier alpha value is -2.67. The van der Waals surface area contributed by atoms with Crippen molar-refractivity contribution in [3.63, 3.8) is 0 Å². The number of thiazole rings is 1. The van der Waals surface area contributed by atoms with E-state index in [0.717, 1.165) is 21.2 Å². The second kappa shape index (κ2) is 9.08. The topological polar surface area (TPSA) is 114 Å². The Labute approximate surface area is 210 Å². The summed E-state index contributed by atoms with van der Waals surface area (Å²) in [5.41, 5.74) is 0.230. The fourth-order valence-electron chi connectivity index (χ4n) is 4.71. The van der Waals surface area contributed by atoms with Crippen LogP contribution in [0.15, 0.2) is 40.3 Å². The van der Waals surface area contributed by atoms with Gasteiger partial charge in [-0.05, 0) is 37.3 Å². The first-order valence-corrected chi connectivity index (χ1v) is 14.3. The number of benzene rings is 1. The van der Waals surface area contributed by atoms with E-state index in [1.807, 2.05) is 38.1 Å². The molecule has 1 fully saturated rings. The monoisotopic (exact) mass is 531 g/mol. The Morgan fingerprint density at radius 3 is 2.60 bits per heavy atom. The van der Waals surface area contributed by atoms with Gasteiger partial charge in [-0.2, -0.15) is 4.31 Å². The molecule has 9 nitrogen and oxygen atoms in total. The zero-order valence-corrected chi connectivity index (χ0v) is 22.0. The number of anilines is 1. The predicted molar refractivity (Wildman–Crippen MR) is 139 cm³/mol. The number of rotatable bonds is 5. The molecule has 0 bridgehead atoms. The van der Waals surface area contributed by atoms with Crippen molar-refractivity contribution in [1.29, 1.82) is 0 Å². The van der Waals surface area contributed by atoms with Gasteiger partial charge in [-0.1, -0.05) is 37.3 Å². The molecule has 12 heteroatoms. The number of aryl methyl sites for hydroxylation is 1. The average Bonchev–Trinajstić information content (AvgIpc) is 3.35. The normalized spacial score (nSPS) is 19.4. The van der Waals surface area contributed by atoms with Crippen molar-refractivity contribution in [1.82, 2.24) is 18.8 Å². The summed E-state index contributed by atoms with van der Waals surface area (Å²) >= 11 is 2.52. The molecule has 0 unspecified atom stereocenters. The average molecular weight is 532 g/mol. The summed E-state index contributed by atoms with van der Waals surface area (Å²) in [5.74, 6) is 0.0294. The smallest absolute Gasteiger partial charge is 0.263 e. The van der Waals surface area contributed by atoms with Gasteiger partial charge in [0.15, 0.2) is 5.13 Å². The van der Waals surface area contributed by atoms with Gasteiger partial charge in [0.05, 0.1) is 21.9 Å². The number of amides is 1. The highest BCUT2D eigenvalue weighted by Gasteiger charge is 2.35. The molecule has 0 spiro atoms. The van der Waals surface area contributed by atoms with E-state index in [1.54, 1.807) is 6.92 Å². The molecule has 184 valence electrons. The number of carbonyl (C=O) groups excluding carboxylic acids is 1. The van der Waals surface area contributed by atoms with Gasteiger partial charge in [0.2, 0.25) is 15.9 Å². The predicted octanol–water partition coefficient (Wildman–Crippen LogP) is 3.68. The second-order valence-electron chi connectivity index (χ2n) is 9.15. The van der Waals surface area contributed by atoms with Crippen molar-refractivity contribution >= 4 is 64.2 Å². The minimum absolute atomic E-state index is 0.0113. The molecule has 1 aliphatic rings. The first-order chi connectivity index (χ1) is 16.6. The number of carbonyl (C=O) groups is 1. The third-order valence-electron chi connectivity index (χ3n) is 6.09. The SMILES string of the molecule is Cc1sc2ncn(CC(=O)Nc3nc4ccccc4s3)c(=O)c2c1S(=O)(=O)N1C[C@@H](C)C[C@H](C)C1. The summed E-state index contributed by atoms with van der Waals surface area (Å²) in [7, 11) is -3.89. The van der Waals surface area contributed by atoms with Gasteiger partial charge >= 0.3 is 0 Å². The molecule has 1 amide bonds. The number of para-hydroxylation sites is 1. The molecule has 4 heterocycles. The van der Waals surface area contributed by atoms with Crippen LogP contribution < -0.4 is 10.9 Å². The largest absolute Gasteiger partial charge is 0.300 e. The van der Waals surface area contributed by atoms with Crippen LogP contribution in [-0.2, 0) is 21.4 Å². The fraction of sp³-hybridized carbons (Fsp3) is 0.391. The Kier molecular flexibility index (Phi) is 6.24. The molecule has 5 rings (SSSR count). The third kappa shape index (κ3) is 4.51. The van der Waals surface area contributed by atoms with Gasteiger partial charge in [-0.25, -0.2) is 18.4 Å². The van der Waals surface area contributed by atoms with Crippen LogP contribution in [0.2, 0.25) is 0 Å². The van der Waals surface area contributed by atoms with E-state index in [9.17, 15) is 18.0 Å². The Bertz CT molecular complexity index is 1560. The fourth-order valence-corrected chi connectivity index (χ4v) is 8.94. The van der Waals surface area contributed by atoms with Crippen molar-refractivity contribution < 1.29 is 13.2 Å². The van der Waals surface area contributed by atoms with Crippen LogP contribution in [0.1, 0.15) is 25.1 Å². The van der Waals surface area contributed by atoms with Crippen LogP contribution in [0.3, 0.4) is 0 Å². The molecule has 2 atom stereocenters. The number of sulfonamides is 1. The Morgan fingerprint density at radius 2 is 1.89 bits per heavy atom. The highest BCUT2D eigenvalue weighted by Crippen LogP contribution is 2.35. The van der Waals surface area contributed by atoms with Crippen LogP contribution >= 0.6 is 22.7 Å². The van der Waals surface area contributed by atoms with E-state index in [4.69, 9.17) is 0 Å². The van der Waals surface area contributed by atoms with Crippen molar-refractivity contribution in [2.75, 3.05) is 18.4 Å². The summed E-state index contributed by atoms with van der Waals surface area (Å²) in [6.45, 7) is 6.30. The van der Waals surface area contributed by atoms with Crippen LogP contribution in [0.5, 0.6) is 0 Å². The molecule has 35 heavy (non-hydrogen) atoms. The van der Waals surface area contributed by atoms with E-state index >= 15 is 0 Å². The molecular weight excluding hydrogens is 506 g/mol. The van der Waals surface area contributed by atoms with Crippen LogP contribution in [-0.4, -0.2) is 46.3 Å². The van der Waals surface area contributed by atoms with Gasteiger partial charge in [-0.15, -0.1) is 11.3 Å². The molecule has 1 N–H and O–H groups in total. The highest BCUT2D eigenvalue weighted by molar-refractivity contribution is 7.89. The molecule has 1 aliphatic heterocycles. The number of thiophene rings is 1. The maximum absolute atomic E-state index is 13.7. The first-order valence-electron chi connectivity index (χ1n) is 11.3. The lowest BCUT2D eigenvalue weighted by atomic mass is 9.94. The van der Waals surface area contributed by atoms with Crippen molar-refractivity contribution in [2.24, 2.45) is 11.8 Å². The molecule has 1 aromatic carbocycles. The number of nitrogens with one attached hydrogen (secondary N) is 1.